The largest absolute Gasteiger partial charge is 0.392 e. The molecular weight excluding hydrogens is 944 g/mol. The monoisotopic (exact) mass is 1000 g/mol. The van der Waals surface area contributed by atoms with Gasteiger partial charge in [-0.05, 0) is 122 Å². The van der Waals surface area contributed by atoms with E-state index in [-0.39, 0.29) is 48.2 Å². The Kier molecular flexibility index (Phi) is 16.1. The van der Waals surface area contributed by atoms with Gasteiger partial charge in [-0.2, -0.15) is 22.7 Å². The van der Waals surface area contributed by atoms with E-state index in [0.29, 0.717) is 64.2 Å². The van der Waals surface area contributed by atoms with Gasteiger partial charge in [-0.15, -0.1) is 0 Å². The molecule has 4 aliphatic rings. The molecule has 3 amide bonds. The van der Waals surface area contributed by atoms with Crippen LogP contribution in [0.4, 0.5) is 0 Å². The van der Waals surface area contributed by atoms with Gasteiger partial charge in [-0.3, -0.25) is 29.0 Å². The molecule has 0 spiro atoms. The number of nitrogens with one attached hydrogen (secondary N) is 3. The minimum Gasteiger partial charge on any atom is -0.392 e. The zero-order valence-corrected chi connectivity index (χ0v) is 41.9. The van der Waals surface area contributed by atoms with E-state index in [4.69, 9.17) is 28.3 Å². The van der Waals surface area contributed by atoms with Gasteiger partial charge in [-0.1, -0.05) is 23.2 Å². The van der Waals surface area contributed by atoms with E-state index < -0.39 is 17.8 Å². The van der Waals surface area contributed by atoms with Crippen LogP contribution in [-0.2, 0) is 17.9 Å². The zero-order chi connectivity index (χ0) is 48.2. The third-order valence-corrected chi connectivity index (χ3v) is 15.6. The molecule has 362 valence electrons. The molecule has 0 bridgehead atoms. The fourth-order valence-corrected chi connectivity index (χ4v) is 11.3. The van der Waals surface area contributed by atoms with Gasteiger partial charge < -0.3 is 40.2 Å². The van der Waals surface area contributed by atoms with Crippen molar-refractivity contribution in [2.45, 2.75) is 90.0 Å². The van der Waals surface area contributed by atoms with Crippen LogP contribution in [0.2, 0.25) is 10.0 Å². The summed E-state index contributed by atoms with van der Waals surface area (Å²) in [5.41, 5.74) is 5.25. The molecule has 10 rings (SSSR count). The van der Waals surface area contributed by atoms with Crippen LogP contribution in [0.15, 0.2) is 76.4 Å². The average Bonchev–Trinajstić information content (AvgIpc) is 4.18. The van der Waals surface area contributed by atoms with Crippen LogP contribution in [-0.4, -0.2) is 157 Å². The number of carbonyl (C=O) groups is 4. The van der Waals surface area contributed by atoms with E-state index in [2.05, 4.69) is 79.5 Å². The Balaban J connectivity index is 0.000000170. The standard InChI is InChI=1S/C26H29ClN4O4S.C20H22ClN3OS.C4H9NO/c1-15-11-31(16(2)10-30(15)12-17-4-6-36-14-17)25(34)20-7-19-21(9-28-23(19)8-22(20)27)24(33)26(35)29-5-3-18(32)13-29;1-13-10-24(14(2)9-23(13)11-15-4-6-26-12-15)20(25)17-7-16-3-5-22-19(16)8-18(17)21;6-4-1-2-5-3-4/h4,6-9,14-16,18,28,32H,3,5,10-13H2,1-2H3;3-8,12-14,22H,9-11H2,1-2H3;4-6H,1-3H2/t15-,16+,18+;13-,14+;4-/m001/s1. The number of carbonyl (C=O) groups excluding carboxylic acids is 4. The zero-order valence-electron chi connectivity index (χ0n) is 38.8. The van der Waals surface area contributed by atoms with Crippen LogP contribution in [0.3, 0.4) is 0 Å². The maximum Gasteiger partial charge on any atom is 0.295 e. The highest BCUT2D eigenvalue weighted by atomic mass is 35.5. The van der Waals surface area contributed by atoms with Crippen LogP contribution in [0.1, 0.15) is 82.7 Å². The Labute approximate surface area is 414 Å². The maximum atomic E-state index is 13.7. The number of ketones is 1. The predicted octanol–water partition coefficient (Wildman–Crippen LogP) is 7.35. The molecule has 18 heteroatoms. The lowest BCUT2D eigenvalue weighted by atomic mass is 10.0. The fourth-order valence-electron chi connectivity index (χ4n) is 9.50. The molecule has 4 fully saturated rings. The van der Waals surface area contributed by atoms with Gasteiger partial charge in [0.05, 0.1) is 38.9 Å². The maximum absolute atomic E-state index is 13.7. The highest BCUT2D eigenvalue weighted by Gasteiger charge is 2.36. The molecule has 6 aromatic rings. The number of fused-ring (bicyclic) bond motifs is 2. The highest BCUT2D eigenvalue weighted by Crippen LogP contribution is 2.31. The molecule has 5 N–H and O–H groups in total. The summed E-state index contributed by atoms with van der Waals surface area (Å²) in [5, 5.41) is 32.2. The Hall–Kier alpha value is -4.62. The number of Topliss-reactive ketones (excluding diaryl/α,β-unsaturated/α-hetero) is 1. The topological polar surface area (TPSA) is 169 Å². The second-order valence-corrected chi connectivity index (χ2v) is 21.0. The van der Waals surface area contributed by atoms with Crippen LogP contribution < -0.4 is 5.32 Å². The van der Waals surface area contributed by atoms with Crippen molar-refractivity contribution < 1.29 is 29.4 Å². The lowest BCUT2D eigenvalue weighted by Crippen LogP contribution is -2.57. The number of rotatable bonds is 8. The molecule has 0 unspecified atom stereocenters. The van der Waals surface area contributed by atoms with Gasteiger partial charge in [-0.25, -0.2) is 0 Å². The molecule has 6 atom stereocenters. The lowest BCUT2D eigenvalue weighted by Gasteiger charge is -2.44. The Bertz CT molecular complexity index is 2700. The van der Waals surface area contributed by atoms with Gasteiger partial charge in [0.2, 0.25) is 0 Å². The number of hydrogen-bond acceptors (Lipinski definition) is 11. The molecule has 68 heavy (non-hydrogen) atoms. The van der Waals surface area contributed by atoms with Crippen molar-refractivity contribution in [2.24, 2.45) is 0 Å². The fraction of sp³-hybridized carbons (Fsp3) is 0.440. The number of aliphatic hydroxyl groups is 2. The highest BCUT2D eigenvalue weighted by molar-refractivity contribution is 7.08. The number of β-amino-alcohol motifs (C(OH)–C–C–N with tert-alkyl or cyclic N) is 2. The Morgan fingerprint density at radius 1 is 0.676 bits per heavy atom. The van der Waals surface area contributed by atoms with Crippen molar-refractivity contribution in [3.8, 4) is 0 Å². The number of aromatic amines is 2. The first-order valence-corrected chi connectivity index (χ1v) is 25.9. The minimum absolute atomic E-state index is 0.0189. The minimum atomic E-state index is -0.667. The smallest absolute Gasteiger partial charge is 0.295 e. The van der Waals surface area contributed by atoms with E-state index in [0.717, 1.165) is 56.6 Å². The molecule has 2 aromatic carbocycles. The van der Waals surface area contributed by atoms with Gasteiger partial charge in [0.1, 0.15) is 0 Å². The Morgan fingerprint density at radius 2 is 1.26 bits per heavy atom. The van der Waals surface area contributed by atoms with Crippen LogP contribution in [0, 0.1) is 0 Å². The van der Waals surface area contributed by atoms with Gasteiger partial charge >= 0.3 is 0 Å². The van der Waals surface area contributed by atoms with Crippen molar-refractivity contribution in [3.05, 3.63) is 114 Å². The number of halogens is 2. The molecule has 4 aliphatic heterocycles. The van der Waals surface area contributed by atoms with E-state index in [1.807, 2.05) is 41.1 Å². The average molecular weight is 1000 g/mol. The summed E-state index contributed by atoms with van der Waals surface area (Å²) in [7, 11) is 0. The first-order valence-electron chi connectivity index (χ1n) is 23.2. The molecule has 8 heterocycles. The second kappa shape index (κ2) is 22.0. The molecule has 14 nitrogen and oxygen atoms in total. The first-order chi connectivity index (χ1) is 32.6. The van der Waals surface area contributed by atoms with Crippen molar-refractivity contribution in [1.29, 1.82) is 0 Å². The van der Waals surface area contributed by atoms with Crippen LogP contribution in [0.25, 0.3) is 21.8 Å². The van der Waals surface area contributed by atoms with Crippen molar-refractivity contribution in [1.82, 2.24) is 39.8 Å². The number of hydrogen-bond donors (Lipinski definition) is 5. The summed E-state index contributed by atoms with van der Waals surface area (Å²) >= 11 is 16.3. The molecule has 0 aliphatic carbocycles. The number of aliphatic hydroxyl groups excluding tert-OH is 2. The number of H-pyrrole nitrogens is 2. The number of amides is 3. The first kappa shape index (κ1) is 49.8. The van der Waals surface area contributed by atoms with Crippen molar-refractivity contribution in [2.75, 3.05) is 52.4 Å². The van der Waals surface area contributed by atoms with E-state index in [1.165, 1.54) is 22.2 Å². The third-order valence-electron chi connectivity index (χ3n) is 13.5. The van der Waals surface area contributed by atoms with Gasteiger partial charge in [0.15, 0.2) is 0 Å². The van der Waals surface area contributed by atoms with Crippen LogP contribution in [0.5, 0.6) is 0 Å². The van der Waals surface area contributed by atoms with E-state index in [9.17, 15) is 24.3 Å². The van der Waals surface area contributed by atoms with Crippen molar-refractivity contribution >= 4 is 91.2 Å². The number of benzene rings is 2. The summed E-state index contributed by atoms with van der Waals surface area (Å²) in [4.78, 5) is 68.7. The van der Waals surface area contributed by atoms with E-state index in [1.54, 1.807) is 34.8 Å². The van der Waals surface area contributed by atoms with Crippen molar-refractivity contribution in [3.63, 3.8) is 0 Å². The number of piperazine rings is 2. The third kappa shape index (κ3) is 11.4. The molecular formula is C50H60Cl2N8O6S2. The lowest BCUT2D eigenvalue weighted by molar-refractivity contribution is -0.125. The number of thiophene rings is 2. The molecule has 0 saturated carbocycles. The number of likely N-dealkylation sites (tertiary alicyclic amines) is 1. The number of nitrogens with zero attached hydrogens (tertiary/aromatic N) is 5. The van der Waals surface area contributed by atoms with Gasteiger partial charge in [0, 0.05) is 117 Å². The molecule has 4 aromatic heterocycles. The number of aromatic nitrogens is 2. The summed E-state index contributed by atoms with van der Waals surface area (Å²) in [5.74, 6) is -1.49. The Morgan fingerprint density at radius 3 is 1.76 bits per heavy atom. The second-order valence-electron chi connectivity index (χ2n) is 18.6. The summed E-state index contributed by atoms with van der Waals surface area (Å²) in [6.45, 7) is 15.4. The molecule has 0 radical (unpaired) electrons. The van der Waals surface area contributed by atoms with Gasteiger partial charge in [0.25, 0.3) is 23.5 Å². The molecule has 4 saturated heterocycles. The summed E-state index contributed by atoms with van der Waals surface area (Å²) in [6, 6.07) is 13.9. The summed E-state index contributed by atoms with van der Waals surface area (Å²) < 4.78 is 0. The summed E-state index contributed by atoms with van der Waals surface area (Å²) in [6.07, 6.45) is 4.06. The SMILES string of the molecule is C[C@@H]1CN(Cc2ccsc2)[C@@H](C)CN1C(=O)c1cc2c(C(=O)C(=O)N3CC[C@@H](O)C3)c[nH]c2cc1Cl.C[C@@H]1CN(Cc2ccsc2)[C@@H](C)CN1C(=O)c1cc2cc[nH]c2cc1Cl.O[C@@H]1CCNC1. The predicted molar refractivity (Wildman–Crippen MR) is 271 cm³/mol. The van der Waals surface area contributed by atoms with E-state index >= 15 is 0 Å². The normalized spacial score (nSPS) is 23.4. The van der Waals surface area contributed by atoms with Crippen LogP contribution >= 0.6 is 45.9 Å². The quantitative estimate of drug-likeness (QED) is 0.0774.